The number of carbonyl (C=O) groups is 2. The van der Waals surface area contributed by atoms with E-state index in [2.05, 4.69) is 40.8 Å². The maximum atomic E-state index is 10.1. The third kappa shape index (κ3) is 9.71. The Bertz CT molecular complexity index is 1170. The molecule has 0 amide bonds. The van der Waals surface area contributed by atoms with E-state index >= 15 is 0 Å². The number of carboxylic acid groups (broad SMARTS) is 2. The molecule has 4 rings (SSSR count). The van der Waals surface area contributed by atoms with Crippen LogP contribution in [-0.4, -0.2) is 62.9 Å². The summed E-state index contributed by atoms with van der Waals surface area (Å²) in [6.45, 7) is 16.1. The Hall–Kier alpha value is -4.22. The van der Waals surface area contributed by atoms with Crippen LogP contribution in [0.4, 0.5) is 0 Å². The Labute approximate surface area is 247 Å². The zero-order valence-electron chi connectivity index (χ0n) is 26.2. The van der Waals surface area contributed by atoms with Crippen LogP contribution in [-0.2, 0) is 9.59 Å². The number of hydrogen-bond acceptors (Lipinski definition) is 6. The molecule has 0 atom stereocenters. The summed E-state index contributed by atoms with van der Waals surface area (Å²) in [5.41, 5.74) is 13.2. The van der Waals surface area contributed by atoms with E-state index in [1.165, 1.54) is 22.3 Å². The first-order chi connectivity index (χ1) is 19.8. The lowest BCUT2D eigenvalue weighted by molar-refractivity contribution is -0.138. The van der Waals surface area contributed by atoms with E-state index in [0.29, 0.717) is 0 Å². The maximum Gasteiger partial charge on any atom is 0.303 e. The first-order valence-corrected chi connectivity index (χ1v) is 14.4. The summed E-state index contributed by atoms with van der Waals surface area (Å²) in [5.74, 6) is -1.48. The average Bonchev–Trinajstić information content (AvgIpc) is 3.64. The summed E-state index contributed by atoms with van der Waals surface area (Å²) in [7, 11) is 0. The van der Waals surface area contributed by atoms with Crippen molar-refractivity contribution in [2.45, 2.75) is 107 Å². The van der Waals surface area contributed by atoms with Crippen LogP contribution >= 0.6 is 0 Å². The number of unbranched alkanes of at least 4 members (excludes halogenated alkanes) is 5. The van der Waals surface area contributed by atoms with Gasteiger partial charge in [-0.3, -0.25) is 30.0 Å². The first-order valence-electron chi connectivity index (χ1n) is 14.4. The van der Waals surface area contributed by atoms with E-state index in [0.717, 1.165) is 84.1 Å². The van der Waals surface area contributed by atoms with Crippen molar-refractivity contribution >= 4 is 11.9 Å². The van der Waals surface area contributed by atoms with Crippen molar-refractivity contribution in [3.05, 3.63) is 45.6 Å². The molecule has 0 saturated heterocycles. The predicted molar refractivity (Wildman–Crippen MR) is 162 cm³/mol. The number of nitrogens with zero attached hydrogens (tertiary/aromatic N) is 4. The quantitative estimate of drug-likeness (QED) is 0.110. The first kappa shape index (κ1) is 34.0. The Morgan fingerprint density at radius 3 is 0.833 bits per heavy atom. The van der Waals surface area contributed by atoms with E-state index in [1.54, 1.807) is 0 Å². The standard InChI is InChI=1S/2C10H14N4.C10H18O4/c2*1-5-9(6(2)12-11-5)10-7(3)13-14-8(10)4;11-9(12)7-5-3-1-2-4-6-8-10(13)14/h2*1-4H3,(H,11,12)(H,13,14);1-8H2,(H,11,12)(H,13,14). The van der Waals surface area contributed by atoms with Gasteiger partial charge in [-0.05, 0) is 68.2 Å². The third-order valence-corrected chi connectivity index (χ3v) is 7.04. The van der Waals surface area contributed by atoms with Crippen molar-refractivity contribution in [3.63, 3.8) is 0 Å². The molecule has 0 aliphatic rings. The lowest BCUT2D eigenvalue weighted by Gasteiger charge is -2.00. The minimum atomic E-state index is -0.740. The molecule has 12 nitrogen and oxygen atoms in total. The number of hydrogen-bond donors (Lipinski definition) is 6. The summed E-state index contributed by atoms with van der Waals surface area (Å²) in [4.78, 5) is 20.3. The topological polar surface area (TPSA) is 189 Å². The molecule has 0 radical (unpaired) electrons. The highest BCUT2D eigenvalue weighted by Crippen LogP contribution is 2.30. The Morgan fingerprint density at radius 1 is 0.452 bits per heavy atom. The predicted octanol–water partition coefficient (Wildman–Crippen LogP) is 6.34. The van der Waals surface area contributed by atoms with E-state index in [-0.39, 0.29) is 12.8 Å². The van der Waals surface area contributed by atoms with Crippen LogP contribution in [0.5, 0.6) is 0 Å². The number of rotatable bonds is 11. The molecule has 6 N–H and O–H groups in total. The largest absolute Gasteiger partial charge is 0.481 e. The van der Waals surface area contributed by atoms with Gasteiger partial charge in [0.2, 0.25) is 0 Å². The van der Waals surface area contributed by atoms with Crippen molar-refractivity contribution in [1.29, 1.82) is 0 Å². The van der Waals surface area contributed by atoms with Crippen LogP contribution in [0.15, 0.2) is 0 Å². The van der Waals surface area contributed by atoms with Crippen molar-refractivity contribution in [2.24, 2.45) is 0 Å². The number of aliphatic carboxylic acids is 2. The minimum Gasteiger partial charge on any atom is -0.481 e. The summed E-state index contributed by atoms with van der Waals surface area (Å²) in [6.07, 6.45) is 5.82. The van der Waals surface area contributed by atoms with Gasteiger partial charge < -0.3 is 10.2 Å². The summed E-state index contributed by atoms with van der Waals surface area (Å²) in [6, 6.07) is 0. The number of nitrogens with one attached hydrogen (secondary N) is 4. The molecule has 0 aromatic carbocycles. The second-order valence-electron chi connectivity index (χ2n) is 10.6. The molecule has 0 bridgehead atoms. The number of aryl methyl sites for hydroxylation is 8. The highest BCUT2D eigenvalue weighted by molar-refractivity contribution is 5.73. The fourth-order valence-corrected chi connectivity index (χ4v) is 4.94. The normalized spacial score (nSPS) is 10.6. The van der Waals surface area contributed by atoms with Crippen LogP contribution in [0.3, 0.4) is 0 Å². The molecular weight excluding hydrogens is 536 g/mol. The van der Waals surface area contributed by atoms with Crippen molar-refractivity contribution < 1.29 is 19.8 Å². The molecule has 230 valence electrons. The lowest BCUT2D eigenvalue weighted by Crippen LogP contribution is -1.94. The average molecular weight is 583 g/mol. The van der Waals surface area contributed by atoms with E-state index in [9.17, 15) is 9.59 Å². The Balaban J connectivity index is 0.000000220. The monoisotopic (exact) mass is 582 g/mol. The van der Waals surface area contributed by atoms with E-state index < -0.39 is 11.9 Å². The van der Waals surface area contributed by atoms with Gasteiger partial charge in [0.05, 0.1) is 22.8 Å². The number of aromatic nitrogens is 8. The summed E-state index contributed by atoms with van der Waals surface area (Å²) in [5, 5.41) is 45.4. The van der Waals surface area contributed by atoms with Gasteiger partial charge in [0, 0.05) is 57.9 Å². The zero-order chi connectivity index (χ0) is 31.4. The fraction of sp³-hybridized carbons (Fsp3) is 0.533. The van der Waals surface area contributed by atoms with Gasteiger partial charge in [0.1, 0.15) is 0 Å². The highest BCUT2D eigenvalue weighted by Gasteiger charge is 2.16. The van der Waals surface area contributed by atoms with Crippen molar-refractivity contribution in [3.8, 4) is 22.3 Å². The molecule has 0 saturated carbocycles. The van der Waals surface area contributed by atoms with Gasteiger partial charge in [-0.25, -0.2) is 0 Å². The minimum absolute atomic E-state index is 0.245. The molecule has 42 heavy (non-hydrogen) atoms. The number of H-pyrrole nitrogens is 4. The van der Waals surface area contributed by atoms with Crippen molar-refractivity contribution in [1.82, 2.24) is 40.8 Å². The number of carboxylic acids is 2. The zero-order valence-corrected chi connectivity index (χ0v) is 26.2. The molecule has 0 aliphatic heterocycles. The van der Waals surface area contributed by atoms with Gasteiger partial charge >= 0.3 is 11.9 Å². The molecule has 4 heterocycles. The van der Waals surface area contributed by atoms with Crippen molar-refractivity contribution in [2.75, 3.05) is 0 Å². The SMILES string of the molecule is Cc1n[nH]c(C)c1-c1c(C)n[nH]c1C.Cc1n[nH]c(C)c1-c1c(C)n[nH]c1C.O=C(O)CCCCCCCCC(=O)O. The van der Waals surface area contributed by atoms with Crippen LogP contribution < -0.4 is 0 Å². The second-order valence-corrected chi connectivity index (χ2v) is 10.6. The Morgan fingerprint density at radius 2 is 0.667 bits per heavy atom. The second kappa shape index (κ2) is 16.3. The smallest absolute Gasteiger partial charge is 0.303 e. The molecule has 0 aliphatic carbocycles. The molecule has 0 unspecified atom stereocenters. The number of aromatic amines is 4. The molecule has 0 spiro atoms. The fourth-order valence-electron chi connectivity index (χ4n) is 4.94. The van der Waals surface area contributed by atoms with Crippen LogP contribution in [0, 0.1) is 55.4 Å². The van der Waals surface area contributed by atoms with E-state index in [1.807, 2.05) is 55.4 Å². The van der Waals surface area contributed by atoms with Gasteiger partial charge in [-0.2, -0.15) is 20.4 Å². The summed E-state index contributed by atoms with van der Waals surface area (Å²) < 4.78 is 0. The van der Waals surface area contributed by atoms with Crippen LogP contribution in [0.25, 0.3) is 22.3 Å². The van der Waals surface area contributed by atoms with E-state index in [4.69, 9.17) is 10.2 Å². The van der Waals surface area contributed by atoms with Gasteiger partial charge in [0.25, 0.3) is 0 Å². The van der Waals surface area contributed by atoms with Crippen LogP contribution in [0.1, 0.15) is 96.9 Å². The molecule has 12 heteroatoms. The summed E-state index contributed by atoms with van der Waals surface area (Å²) >= 11 is 0. The third-order valence-electron chi connectivity index (χ3n) is 7.04. The van der Waals surface area contributed by atoms with Gasteiger partial charge in [0.15, 0.2) is 0 Å². The molecule has 4 aromatic rings. The van der Waals surface area contributed by atoms with Gasteiger partial charge in [-0.1, -0.05) is 25.7 Å². The lowest BCUT2D eigenvalue weighted by atomic mass is 10.0. The molecular formula is C30H46N8O4. The Kier molecular flexibility index (Phi) is 13.2. The maximum absolute atomic E-state index is 10.1. The van der Waals surface area contributed by atoms with Crippen LogP contribution in [0.2, 0.25) is 0 Å². The van der Waals surface area contributed by atoms with Gasteiger partial charge in [-0.15, -0.1) is 0 Å². The molecule has 4 aromatic heterocycles. The highest BCUT2D eigenvalue weighted by atomic mass is 16.4. The molecule has 0 fully saturated rings.